The van der Waals surface area contributed by atoms with Crippen LogP contribution in [0.15, 0.2) is 12.1 Å². The Morgan fingerprint density at radius 1 is 1.42 bits per heavy atom. The average molecular weight is 167 g/mol. The second kappa shape index (κ2) is 2.75. The Hall–Kier alpha value is -1.09. The number of benzene rings is 1. The van der Waals surface area contributed by atoms with Crippen LogP contribution in [0.5, 0.6) is 5.75 Å². The zero-order valence-corrected chi connectivity index (χ0v) is 6.47. The van der Waals surface area contributed by atoms with Gasteiger partial charge < -0.3 is 9.47 Å². The zero-order valence-electron chi connectivity index (χ0n) is 6.47. The van der Waals surface area contributed by atoms with Gasteiger partial charge in [-0.2, -0.15) is 0 Å². The first-order valence-corrected chi connectivity index (χ1v) is 3.62. The largest absolute Gasteiger partial charge is 0.467 e. The smallest absolute Gasteiger partial charge is 0.189 e. The highest BCUT2D eigenvalue weighted by Gasteiger charge is 2.13. The van der Waals surface area contributed by atoms with E-state index in [1.807, 2.05) is 0 Å². The van der Waals surface area contributed by atoms with Crippen molar-refractivity contribution in [3.05, 3.63) is 36.0 Å². The normalized spacial score (nSPS) is 15.2. The highest BCUT2D eigenvalue weighted by Crippen LogP contribution is 2.28. The summed E-state index contributed by atoms with van der Waals surface area (Å²) in [4.78, 5) is 0. The molecule has 1 aromatic rings. The molecule has 1 aliphatic rings. The van der Waals surface area contributed by atoms with Crippen LogP contribution in [0.3, 0.4) is 0 Å². The van der Waals surface area contributed by atoms with Gasteiger partial charge in [0.15, 0.2) is 6.79 Å². The van der Waals surface area contributed by atoms with Crippen LogP contribution in [-0.2, 0) is 11.3 Å². The maximum Gasteiger partial charge on any atom is 0.189 e. The van der Waals surface area contributed by atoms with Crippen molar-refractivity contribution in [1.82, 2.24) is 0 Å². The third kappa shape index (κ3) is 1.16. The van der Waals surface area contributed by atoms with E-state index in [1.165, 1.54) is 12.1 Å². The van der Waals surface area contributed by atoms with Crippen molar-refractivity contribution in [1.29, 1.82) is 0 Å². The van der Waals surface area contributed by atoms with E-state index in [2.05, 4.69) is 6.92 Å². The van der Waals surface area contributed by atoms with Crippen LogP contribution in [-0.4, -0.2) is 6.79 Å². The molecule has 0 spiro atoms. The Kier molecular flexibility index (Phi) is 1.73. The van der Waals surface area contributed by atoms with Crippen LogP contribution in [0.4, 0.5) is 4.39 Å². The predicted molar refractivity (Wildman–Crippen MR) is 41.1 cm³/mol. The summed E-state index contributed by atoms with van der Waals surface area (Å²) in [7, 11) is 0. The Labute approximate surface area is 69.9 Å². The van der Waals surface area contributed by atoms with Gasteiger partial charge in [0.25, 0.3) is 0 Å². The minimum Gasteiger partial charge on any atom is -0.467 e. The fraction of sp³-hybridized carbons (Fsp3) is 0.222. The minimum atomic E-state index is -0.298. The lowest BCUT2D eigenvalue weighted by molar-refractivity contribution is -0.0168. The molecule has 1 aliphatic heterocycles. The number of rotatable bonds is 0. The first-order chi connectivity index (χ1) is 5.77. The van der Waals surface area contributed by atoms with Crippen LogP contribution in [0, 0.1) is 12.7 Å². The number of hydrogen-bond donors (Lipinski definition) is 0. The predicted octanol–water partition coefficient (Wildman–Crippen LogP) is 1.87. The molecule has 1 aromatic carbocycles. The molecule has 12 heavy (non-hydrogen) atoms. The molecule has 2 nitrogen and oxygen atoms in total. The summed E-state index contributed by atoms with van der Waals surface area (Å²) in [6.45, 7) is 4.30. The van der Waals surface area contributed by atoms with Crippen LogP contribution < -0.4 is 4.74 Å². The summed E-state index contributed by atoms with van der Waals surface area (Å²) in [6, 6.07) is 2.76. The Morgan fingerprint density at radius 2 is 2.25 bits per heavy atom. The number of fused-ring (bicyclic) bond motifs is 1. The Balaban J connectivity index is 2.53. The zero-order chi connectivity index (χ0) is 8.55. The molecule has 1 heterocycles. The molecule has 0 bridgehead atoms. The fourth-order valence-corrected chi connectivity index (χ4v) is 1.26. The van der Waals surface area contributed by atoms with Gasteiger partial charge in [-0.1, -0.05) is 0 Å². The lowest BCUT2D eigenvalue weighted by Crippen LogP contribution is -2.12. The molecule has 0 unspecified atom stereocenters. The van der Waals surface area contributed by atoms with Crippen LogP contribution >= 0.6 is 0 Å². The summed E-state index contributed by atoms with van der Waals surface area (Å²) in [5, 5.41) is 0. The molecular weight excluding hydrogens is 159 g/mol. The van der Waals surface area contributed by atoms with Crippen molar-refractivity contribution in [3.63, 3.8) is 0 Å². The quantitative estimate of drug-likeness (QED) is 0.587. The van der Waals surface area contributed by atoms with E-state index in [0.717, 1.165) is 5.56 Å². The summed E-state index contributed by atoms with van der Waals surface area (Å²) in [5.74, 6) is 0.357. The maximum absolute atomic E-state index is 12.8. The van der Waals surface area contributed by atoms with Gasteiger partial charge in [0.1, 0.15) is 11.6 Å². The molecule has 0 saturated carbocycles. The molecule has 2 rings (SSSR count). The van der Waals surface area contributed by atoms with E-state index < -0.39 is 0 Å². The van der Waals surface area contributed by atoms with Crippen LogP contribution in [0.2, 0.25) is 0 Å². The minimum absolute atomic E-state index is 0.223. The van der Waals surface area contributed by atoms with E-state index in [-0.39, 0.29) is 12.6 Å². The topological polar surface area (TPSA) is 18.5 Å². The molecule has 0 aromatic heterocycles. The number of halogens is 1. The SMILES string of the molecule is [CH2]c1cc(F)cc2c1OCOC2. The van der Waals surface area contributed by atoms with Gasteiger partial charge in [0.05, 0.1) is 6.61 Å². The molecular formula is C9H8FO2. The average Bonchev–Trinajstić information content (AvgIpc) is 2.04. The van der Waals surface area contributed by atoms with Crippen molar-refractivity contribution < 1.29 is 13.9 Å². The summed E-state index contributed by atoms with van der Waals surface area (Å²) >= 11 is 0. The van der Waals surface area contributed by atoms with Gasteiger partial charge in [-0.25, -0.2) is 4.39 Å². The van der Waals surface area contributed by atoms with E-state index in [1.54, 1.807) is 0 Å². The lowest BCUT2D eigenvalue weighted by atomic mass is 10.1. The molecule has 0 saturated heterocycles. The van der Waals surface area contributed by atoms with Gasteiger partial charge in [-0.15, -0.1) is 0 Å². The highest BCUT2D eigenvalue weighted by molar-refractivity contribution is 5.43. The standard InChI is InChI=1S/C9H8FO2/c1-6-2-8(10)3-7-4-11-5-12-9(6)7/h2-3H,1,4-5H2. The maximum atomic E-state index is 12.8. The van der Waals surface area contributed by atoms with Gasteiger partial charge in [0, 0.05) is 5.56 Å². The second-order valence-electron chi connectivity index (χ2n) is 2.66. The third-order valence-corrected chi connectivity index (χ3v) is 1.75. The first kappa shape index (κ1) is 7.55. The lowest BCUT2D eigenvalue weighted by Gasteiger charge is -2.19. The molecule has 0 fully saturated rings. The molecule has 3 heteroatoms. The fourth-order valence-electron chi connectivity index (χ4n) is 1.26. The summed E-state index contributed by atoms with van der Waals surface area (Å²) < 4.78 is 23.0. The summed E-state index contributed by atoms with van der Waals surface area (Å²) in [5.41, 5.74) is 1.31. The van der Waals surface area contributed by atoms with Gasteiger partial charge in [-0.3, -0.25) is 0 Å². The molecule has 0 amide bonds. The Morgan fingerprint density at radius 3 is 3.08 bits per heavy atom. The number of ether oxygens (including phenoxy) is 2. The van der Waals surface area contributed by atoms with Crippen molar-refractivity contribution >= 4 is 0 Å². The van der Waals surface area contributed by atoms with Crippen molar-refractivity contribution in [3.8, 4) is 5.75 Å². The van der Waals surface area contributed by atoms with Crippen LogP contribution in [0.1, 0.15) is 11.1 Å². The van der Waals surface area contributed by atoms with E-state index in [4.69, 9.17) is 9.47 Å². The molecule has 0 N–H and O–H groups in total. The van der Waals surface area contributed by atoms with Crippen molar-refractivity contribution in [2.75, 3.05) is 6.79 Å². The van der Waals surface area contributed by atoms with Gasteiger partial charge in [-0.05, 0) is 24.6 Å². The molecule has 0 aliphatic carbocycles. The third-order valence-electron chi connectivity index (χ3n) is 1.75. The van der Waals surface area contributed by atoms with Gasteiger partial charge >= 0.3 is 0 Å². The first-order valence-electron chi connectivity index (χ1n) is 3.62. The van der Waals surface area contributed by atoms with E-state index >= 15 is 0 Å². The van der Waals surface area contributed by atoms with Crippen molar-refractivity contribution in [2.24, 2.45) is 0 Å². The molecule has 63 valence electrons. The van der Waals surface area contributed by atoms with Crippen molar-refractivity contribution in [2.45, 2.75) is 6.61 Å². The Bertz CT molecular complexity index is 310. The van der Waals surface area contributed by atoms with Crippen LogP contribution in [0.25, 0.3) is 0 Å². The molecule has 1 radical (unpaired) electrons. The highest BCUT2D eigenvalue weighted by atomic mass is 19.1. The monoisotopic (exact) mass is 167 g/mol. The van der Waals surface area contributed by atoms with E-state index in [9.17, 15) is 4.39 Å². The number of hydrogen-bond acceptors (Lipinski definition) is 2. The molecule has 0 atom stereocenters. The summed E-state index contributed by atoms with van der Waals surface area (Å²) in [6.07, 6.45) is 0. The second-order valence-corrected chi connectivity index (χ2v) is 2.66. The van der Waals surface area contributed by atoms with E-state index in [0.29, 0.717) is 17.9 Å². The van der Waals surface area contributed by atoms with Gasteiger partial charge in [0.2, 0.25) is 0 Å².